The Morgan fingerprint density at radius 3 is 2.42 bits per heavy atom. The van der Waals surface area contributed by atoms with Crippen LogP contribution in [0.25, 0.3) is 5.57 Å². The summed E-state index contributed by atoms with van der Waals surface area (Å²) >= 11 is 0. The summed E-state index contributed by atoms with van der Waals surface area (Å²) < 4.78 is 5.55. The highest BCUT2D eigenvalue weighted by atomic mass is 16.5. The molecule has 0 amide bonds. The van der Waals surface area contributed by atoms with Crippen molar-refractivity contribution in [1.82, 2.24) is 5.32 Å². The molecule has 0 heterocycles. The molecular formula is C17H25NO. The van der Waals surface area contributed by atoms with Crippen LogP contribution in [0.1, 0.15) is 36.1 Å². The number of benzene rings is 1. The Morgan fingerprint density at radius 2 is 1.84 bits per heavy atom. The van der Waals surface area contributed by atoms with E-state index in [2.05, 4.69) is 45.1 Å². The molecule has 0 saturated carbocycles. The van der Waals surface area contributed by atoms with Gasteiger partial charge in [0.15, 0.2) is 0 Å². The fraction of sp³-hybridized carbons (Fsp3) is 0.529. The van der Waals surface area contributed by atoms with E-state index in [1.807, 2.05) is 7.05 Å². The van der Waals surface area contributed by atoms with E-state index in [1.54, 1.807) is 7.11 Å². The second-order valence-electron chi connectivity index (χ2n) is 5.73. The summed E-state index contributed by atoms with van der Waals surface area (Å²) in [5.74, 6) is 0. The summed E-state index contributed by atoms with van der Waals surface area (Å²) in [6.45, 7) is 10.6. The first-order valence-corrected chi connectivity index (χ1v) is 6.92. The third kappa shape index (κ3) is 1.94. The van der Waals surface area contributed by atoms with Crippen LogP contribution in [0.5, 0.6) is 0 Å². The predicted octanol–water partition coefficient (Wildman–Crippen LogP) is 3.21. The molecule has 1 N–H and O–H groups in total. The lowest BCUT2D eigenvalue weighted by atomic mass is 9.77. The van der Waals surface area contributed by atoms with E-state index in [1.165, 1.54) is 33.4 Å². The van der Waals surface area contributed by atoms with Crippen LogP contribution in [-0.2, 0) is 10.2 Å². The monoisotopic (exact) mass is 259 g/mol. The first kappa shape index (κ1) is 14.3. The zero-order valence-electron chi connectivity index (χ0n) is 13.0. The van der Waals surface area contributed by atoms with Crippen molar-refractivity contribution in [3.63, 3.8) is 0 Å². The van der Waals surface area contributed by atoms with Crippen LogP contribution >= 0.6 is 0 Å². The lowest BCUT2D eigenvalue weighted by molar-refractivity contribution is 0.147. The Balaban J connectivity index is 2.71. The van der Waals surface area contributed by atoms with E-state index < -0.39 is 0 Å². The van der Waals surface area contributed by atoms with Gasteiger partial charge in [-0.25, -0.2) is 0 Å². The Kier molecular flexibility index (Phi) is 3.84. The summed E-state index contributed by atoms with van der Waals surface area (Å²) in [7, 11) is 3.80. The average molecular weight is 259 g/mol. The van der Waals surface area contributed by atoms with Crippen molar-refractivity contribution < 1.29 is 4.74 Å². The van der Waals surface area contributed by atoms with E-state index in [4.69, 9.17) is 4.74 Å². The molecular weight excluding hydrogens is 234 g/mol. The normalized spacial score (nSPS) is 22.0. The number of hydrogen-bond acceptors (Lipinski definition) is 2. The van der Waals surface area contributed by atoms with Gasteiger partial charge in [-0.2, -0.15) is 0 Å². The number of allylic oxidation sites excluding steroid dienone is 1. The van der Waals surface area contributed by atoms with Crippen molar-refractivity contribution in [2.45, 2.75) is 33.1 Å². The quantitative estimate of drug-likeness (QED) is 0.896. The Morgan fingerprint density at radius 1 is 1.16 bits per heavy atom. The van der Waals surface area contributed by atoms with Crippen molar-refractivity contribution in [1.29, 1.82) is 0 Å². The molecule has 1 aliphatic rings. The third-order valence-corrected chi connectivity index (χ3v) is 4.78. The van der Waals surface area contributed by atoms with Gasteiger partial charge in [-0.3, -0.25) is 0 Å². The second kappa shape index (κ2) is 5.10. The van der Waals surface area contributed by atoms with Crippen LogP contribution in [0.3, 0.4) is 0 Å². The van der Waals surface area contributed by atoms with Gasteiger partial charge in [0.25, 0.3) is 0 Å². The summed E-state index contributed by atoms with van der Waals surface area (Å²) in [6, 6.07) is 4.52. The number of aryl methyl sites for hydroxylation is 1. The van der Waals surface area contributed by atoms with E-state index in [0.717, 1.165) is 13.2 Å². The summed E-state index contributed by atoms with van der Waals surface area (Å²) in [5.41, 5.74) is 8.47. The smallest absolute Gasteiger partial charge is 0.0609 e. The molecule has 1 aliphatic carbocycles. The van der Waals surface area contributed by atoms with Crippen molar-refractivity contribution in [3.8, 4) is 0 Å². The minimum atomic E-state index is -0.0125. The molecule has 2 rings (SSSR count). The molecule has 0 aromatic heterocycles. The first-order chi connectivity index (χ1) is 8.99. The van der Waals surface area contributed by atoms with E-state index >= 15 is 0 Å². The molecule has 0 radical (unpaired) electrons. The Bertz CT molecular complexity index is 522. The highest BCUT2D eigenvalue weighted by Crippen LogP contribution is 2.47. The zero-order chi connectivity index (χ0) is 14.2. The molecule has 2 heteroatoms. The van der Waals surface area contributed by atoms with Crippen LogP contribution in [0, 0.1) is 13.8 Å². The second-order valence-corrected chi connectivity index (χ2v) is 5.73. The van der Waals surface area contributed by atoms with Crippen LogP contribution in [0.15, 0.2) is 17.7 Å². The molecule has 1 aromatic carbocycles. The van der Waals surface area contributed by atoms with Gasteiger partial charge in [0.1, 0.15) is 0 Å². The van der Waals surface area contributed by atoms with E-state index in [0.29, 0.717) is 0 Å². The first-order valence-electron chi connectivity index (χ1n) is 6.92. The summed E-state index contributed by atoms with van der Waals surface area (Å²) in [6.07, 6.45) is 0. The summed E-state index contributed by atoms with van der Waals surface area (Å²) in [5, 5.41) is 3.35. The molecule has 19 heavy (non-hydrogen) atoms. The fourth-order valence-corrected chi connectivity index (χ4v) is 3.46. The number of fused-ring (bicyclic) bond motifs is 1. The number of ether oxygens (including phenoxy) is 1. The highest BCUT2D eigenvalue weighted by molar-refractivity contribution is 5.81. The molecule has 0 spiro atoms. The number of rotatable bonds is 4. The zero-order valence-corrected chi connectivity index (χ0v) is 13.0. The van der Waals surface area contributed by atoms with Crippen molar-refractivity contribution in [2.24, 2.45) is 0 Å². The Hall–Kier alpha value is -1.12. The van der Waals surface area contributed by atoms with Crippen LogP contribution in [-0.4, -0.2) is 27.3 Å². The molecule has 0 aliphatic heterocycles. The van der Waals surface area contributed by atoms with Crippen LogP contribution in [0.2, 0.25) is 0 Å². The number of likely N-dealkylation sites (N-methyl/N-ethyl adjacent to an activating group) is 1. The molecule has 1 atom stereocenters. The molecule has 0 saturated heterocycles. The third-order valence-electron chi connectivity index (χ3n) is 4.78. The minimum Gasteiger partial charge on any atom is -0.383 e. The average Bonchev–Trinajstić information content (AvgIpc) is 2.58. The number of hydrogen-bond donors (Lipinski definition) is 1. The molecule has 1 aromatic rings. The van der Waals surface area contributed by atoms with Crippen molar-refractivity contribution >= 4 is 5.57 Å². The van der Waals surface area contributed by atoms with Crippen LogP contribution < -0.4 is 5.32 Å². The minimum absolute atomic E-state index is 0.0125. The van der Waals surface area contributed by atoms with Gasteiger partial charge >= 0.3 is 0 Å². The number of methoxy groups -OCH3 is 1. The Labute approximate surface area is 116 Å². The lowest BCUT2D eigenvalue weighted by Gasteiger charge is -2.32. The van der Waals surface area contributed by atoms with Crippen molar-refractivity contribution in [2.75, 3.05) is 27.3 Å². The topological polar surface area (TPSA) is 21.3 Å². The fourth-order valence-electron chi connectivity index (χ4n) is 3.46. The molecule has 0 fully saturated rings. The molecule has 104 valence electrons. The molecule has 1 unspecified atom stereocenters. The standard InChI is InChI=1S/C17H25NO/c1-11-7-8-15-16(12(11)2)13(3)14(4)17(15,9-18-5)10-19-6/h7-8,18H,9-10H2,1-6H3. The van der Waals surface area contributed by atoms with Gasteiger partial charge in [0.2, 0.25) is 0 Å². The van der Waals surface area contributed by atoms with Gasteiger partial charge in [-0.05, 0) is 62.6 Å². The number of nitrogens with one attached hydrogen (secondary N) is 1. The molecule has 2 nitrogen and oxygen atoms in total. The van der Waals surface area contributed by atoms with Crippen molar-refractivity contribution in [3.05, 3.63) is 40.0 Å². The molecule has 0 bridgehead atoms. The van der Waals surface area contributed by atoms with Gasteiger partial charge < -0.3 is 10.1 Å². The maximum atomic E-state index is 5.55. The lowest BCUT2D eigenvalue weighted by Crippen LogP contribution is -2.40. The predicted molar refractivity (Wildman–Crippen MR) is 81.7 cm³/mol. The SMILES string of the molecule is CNCC1(COC)C(C)=C(C)c2c1ccc(C)c2C. The summed E-state index contributed by atoms with van der Waals surface area (Å²) in [4.78, 5) is 0. The van der Waals surface area contributed by atoms with Gasteiger partial charge in [0.05, 0.1) is 12.0 Å². The van der Waals surface area contributed by atoms with Gasteiger partial charge in [-0.1, -0.05) is 17.7 Å². The van der Waals surface area contributed by atoms with E-state index in [-0.39, 0.29) is 5.41 Å². The van der Waals surface area contributed by atoms with E-state index in [9.17, 15) is 0 Å². The maximum Gasteiger partial charge on any atom is 0.0609 e. The highest BCUT2D eigenvalue weighted by Gasteiger charge is 2.42. The van der Waals surface area contributed by atoms with Gasteiger partial charge in [-0.15, -0.1) is 0 Å². The maximum absolute atomic E-state index is 5.55. The van der Waals surface area contributed by atoms with Gasteiger partial charge in [0, 0.05) is 13.7 Å². The van der Waals surface area contributed by atoms with Crippen LogP contribution in [0.4, 0.5) is 0 Å². The largest absolute Gasteiger partial charge is 0.383 e.